The third-order valence-electron chi connectivity index (χ3n) is 3.38. The molecular formula is C14H22N2S. The van der Waals surface area contributed by atoms with E-state index in [1.165, 1.54) is 24.4 Å². The zero-order chi connectivity index (χ0) is 12.1. The molecule has 2 unspecified atom stereocenters. The average Bonchev–Trinajstić information content (AvgIpc) is 2.37. The van der Waals surface area contributed by atoms with Crippen LogP contribution >= 0.6 is 11.8 Å². The number of hydrogen-bond acceptors (Lipinski definition) is 3. The van der Waals surface area contributed by atoms with Crippen molar-refractivity contribution in [1.82, 2.24) is 4.90 Å². The SMILES string of the molecule is CC1CN(C(CN)Cc2ccccc2)CCS1. The van der Waals surface area contributed by atoms with Gasteiger partial charge in [0, 0.05) is 36.7 Å². The zero-order valence-electron chi connectivity index (χ0n) is 10.5. The first kappa shape index (κ1) is 12.9. The summed E-state index contributed by atoms with van der Waals surface area (Å²) in [6.07, 6.45) is 1.08. The van der Waals surface area contributed by atoms with Gasteiger partial charge in [-0.2, -0.15) is 11.8 Å². The Kier molecular flexibility index (Phi) is 4.89. The van der Waals surface area contributed by atoms with Crippen LogP contribution in [0.5, 0.6) is 0 Å². The van der Waals surface area contributed by atoms with E-state index in [1.807, 2.05) is 0 Å². The molecule has 0 radical (unpaired) electrons. The second kappa shape index (κ2) is 6.43. The van der Waals surface area contributed by atoms with Crippen molar-refractivity contribution >= 4 is 11.8 Å². The van der Waals surface area contributed by atoms with Gasteiger partial charge < -0.3 is 5.73 Å². The third kappa shape index (κ3) is 3.73. The Morgan fingerprint density at radius 2 is 2.18 bits per heavy atom. The molecule has 94 valence electrons. The molecule has 2 N–H and O–H groups in total. The van der Waals surface area contributed by atoms with Crippen molar-refractivity contribution in [3.63, 3.8) is 0 Å². The summed E-state index contributed by atoms with van der Waals surface area (Å²) in [4.78, 5) is 2.56. The zero-order valence-corrected chi connectivity index (χ0v) is 11.3. The van der Waals surface area contributed by atoms with Crippen LogP contribution in [0.4, 0.5) is 0 Å². The Labute approximate surface area is 109 Å². The molecule has 1 aliphatic rings. The molecule has 0 spiro atoms. The fourth-order valence-electron chi connectivity index (χ4n) is 2.42. The van der Waals surface area contributed by atoms with Gasteiger partial charge in [0.1, 0.15) is 0 Å². The number of benzene rings is 1. The molecule has 17 heavy (non-hydrogen) atoms. The molecule has 2 rings (SSSR count). The molecule has 0 aliphatic carbocycles. The largest absolute Gasteiger partial charge is 0.329 e. The number of hydrogen-bond donors (Lipinski definition) is 1. The lowest BCUT2D eigenvalue weighted by molar-refractivity contribution is 0.208. The summed E-state index contributed by atoms with van der Waals surface area (Å²) in [5, 5.41) is 0.744. The Balaban J connectivity index is 1.96. The van der Waals surface area contributed by atoms with E-state index in [1.54, 1.807) is 0 Å². The maximum atomic E-state index is 5.95. The molecule has 1 aliphatic heterocycles. The van der Waals surface area contributed by atoms with E-state index in [0.717, 1.165) is 18.2 Å². The van der Waals surface area contributed by atoms with Crippen LogP contribution < -0.4 is 5.73 Å². The van der Waals surface area contributed by atoms with E-state index in [2.05, 4.69) is 53.9 Å². The van der Waals surface area contributed by atoms with Crippen LogP contribution in [0.25, 0.3) is 0 Å². The molecule has 3 heteroatoms. The highest BCUT2D eigenvalue weighted by Gasteiger charge is 2.23. The van der Waals surface area contributed by atoms with Crippen LogP contribution in [0.1, 0.15) is 12.5 Å². The maximum Gasteiger partial charge on any atom is 0.0259 e. The Morgan fingerprint density at radius 1 is 1.41 bits per heavy atom. The van der Waals surface area contributed by atoms with Crippen molar-refractivity contribution in [2.75, 3.05) is 25.4 Å². The quantitative estimate of drug-likeness (QED) is 0.886. The lowest BCUT2D eigenvalue weighted by Crippen LogP contribution is -2.48. The van der Waals surface area contributed by atoms with E-state index >= 15 is 0 Å². The van der Waals surface area contributed by atoms with Gasteiger partial charge in [0.15, 0.2) is 0 Å². The molecule has 0 bridgehead atoms. The van der Waals surface area contributed by atoms with Gasteiger partial charge in [-0.1, -0.05) is 37.3 Å². The summed E-state index contributed by atoms with van der Waals surface area (Å²) >= 11 is 2.07. The van der Waals surface area contributed by atoms with Crippen molar-refractivity contribution in [2.45, 2.75) is 24.6 Å². The van der Waals surface area contributed by atoms with Crippen LogP contribution in [-0.2, 0) is 6.42 Å². The van der Waals surface area contributed by atoms with E-state index in [9.17, 15) is 0 Å². The van der Waals surface area contributed by atoms with Gasteiger partial charge in [0.05, 0.1) is 0 Å². The van der Waals surface area contributed by atoms with Crippen LogP contribution in [0.15, 0.2) is 30.3 Å². The van der Waals surface area contributed by atoms with Crippen molar-refractivity contribution in [2.24, 2.45) is 5.73 Å². The topological polar surface area (TPSA) is 29.3 Å². The molecule has 0 aromatic heterocycles. The summed E-state index contributed by atoms with van der Waals surface area (Å²) < 4.78 is 0. The fourth-order valence-corrected chi connectivity index (χ4v) is 3.46. The predicted octanol–water partition coefficient (Wildman–Crippen LogP) is 1.99. The van der Waals surface area contributed by atoms with Crippen LogP contribution in [0.3, 0.4) is 0 Å². The predicted molar refractivity (Wildman–Crippen MR) is 76.5 cm³/mol. The Bertz CT molecular complexity index is 328. The molecule has 0 amide bonds. The molecule has 1 fully saturated rings. The molecule has 2 atom stereocenters. The van der Waals surface area contributed by atoms with Crippen LogP contribution in [-0.4, -0.2) is 41.6 Å². The summed E-state index contributed by atoms with van der Waals surface area (Å²) in [6, 6.07) is 11.2. The first-order chi connectivity index (χ1) is 8.29. The normalized spacial score (nSPS) is 23.5. The lowest BCUT2D eigenvalue weighted by Gasteiger charge is -2.36. The molecular weight excluding hydrogens is 228 g/mol. The van der Waals surface area contributed by atoms with E-state index < -0.39 is 0 Å². The van der Waals surface area contributed by atoms with Gasteiger partial charge in [0.2, 0.25) is 0 Å². The number of rotatable bonds is 4. The molecule has 0 saturated carbocycles. The smallest absolute Gasteiger partial charge is 0.0259 e. The molecule has 1 aromatic rings. The minimum absolute atomic E-state index is 0.501. The van der Waals surface area contributed by atoms with Gasteiger partial charge in [-0.15, -0.1) is 0 Å². The van der Waals surface area contributed by atoms with Crippen molar-refractivity contribution in [3.05, 3.63) is 35.9 Å². The van der Waals surface area contributed by atoms with E-state index in [-0.39, 0.29) is 0 Å². The molecule has 2 nitrogen and oxygen atoms in total. The van der Waals surface area contributed by atoms with Crippen LogP contribution in [0.2, 0.25) is 0 Å². The molecule has 1 saturated heterocycles. The molecule has 1 aromatic carbocycles. The minimum atomic E-state index is 0.501. The minimum Gasteiger partial charge on any atom is -0.329 e. The van der Waals surface area contributed by atoms with Crippen LogP contribution in [0, 0.1) is 0 Å². The number of nitrogens with zero attached hydrogens (tertiary/aromatic N) is 1. The van der Waals surface area contributed by atoms with Gasteiger partial charge >= 0.3 is 0 Å². The van der Waals surface area contributed by atoms with E-state index in [4.69, 9.17) is 5.73 Å². The summed E-state index contributed by atoms with van der Waals surface area (Å²) in [5.41, 5.74) is 7.35. The van der Waals surface area contributed by atoms with Gasteiger partial charge in [0.25, 0.3) is 0 Å². The second-order valence-electron chi connectivity index (χ2n) is 4.76. The highest BCUT2D eigenvalue weighted by atomic mass is 32.2. The van der Waals surface area contributed by atoms with Gasteiger partial charge in [-0.25, -0.2) is 0 Å². The number of nitrogens with two attached hydrogens (primary N) is 1. The van der Waals surface area contributed by atoms with E-state index in [0.29, 0.717) is 6.04 Å². The standard InChI is InChI=1S/C14H22N2S/c1-12-11-16(7-8-17-12)14(10-15)9-13-5-3-2-4-6-13/h2-6,12,14H,7-11,15H2,1H3. The van der Waals surface area contributed by atoms with Crippen molar-refractivity contribution in [1.29, 1.82) is 0 Å². The summed E-state index contributed by atoms with van der Waals surface area (Å²) in [7, 11) is 0. The Hall–Kier alpha value is -0.510. The lowest BCUT2D eigenvalue weighted by atomic mass is 10.0. The number of thioether (sulfide) groups is 1. The third-order valence-corrected chi connectivity index (χ3v) is 4.51. The fraction of sp³-hybridized carbons (Fsp3) is 0.571. The Morgan fingerprint density at radius 3 is 2.82 bits per heavy atom. The van der Waals surface area contributed by atoms with Crippen molar-refractivity contribution in [3.8, 4) is 0 Å². The molecule has 1 heterocycles. The summed E-state index contributed by atoms with van der Waals surface area (Å²) in [6.45, 7) is 5.43. The van der Waals surface area contributed by atoms with Crippen molar-refractivity contribution < 1.29 is 0 Å². The second-order valence-corrected chi connectivity index (χ2v) is 6.30. The van der Waals surface area contributed by atoms with Gasteiger partial charge in [-0.05, 0) is 12.0 Å². The highest BCUT2D eigenvalue weighted by Crippen LogP contribution is 2.20. The van der Waals surface area contributed by atoms with Gasteiger partial charge in [-0.3, -0.25) is 4.90 Å². The highest BCUT2D eigenvalue weighted by molar-refractivity contribution is 7.99. The average molecular weight is 250 g/mol. The first-order valence-electron chi connectivity index (χ1n) is 6.39. The summed E-state index contributed by atoms with van der Waals surface area (Å²) in [5.74, 6) is 1.24. The maximum absolute atomic E-state index is 5.95. The first-order valence-corrected chi connectivity index (χ1v) is 7.44. The monoisotopic (exact) mass is 250 g/mol.